The van der Waals surface area contributed by atoms with Gasteiger partial charge in [-0.05, 0) is 130 Å². The summed E-state index contributed by atoms with van der Waals surface area (Å²) in [5, 5.41) is 0. The van der Waals surface area contributed by atoms with Crippen LogP contribution in [0.5, 0.6) is 0 Å². The predicted molar refractivity (Wildman–Crippen MR) is 174 cm³/mol. The smallest absolute Gasteiger partial charge is 0.266 e. The molecule has 2 saturated heterocycles. The third-order valence-electron chi connectivity index (χ3n) is 6.36. The molecule has 43 heavy (non-hydrogen) atoms. The fourth-order valence-corrected chi connectivity index (χ4v) is 9.46. The van der Waals surface area contributed by atoms with Crippen LogP contribution in [0.1, 0.15) is 39.5 Å². The standard InChI is InChI=1S/C7H14Cl2N2O3S.C6H11Cl2NO4S.C6H13Cl2NO3S2/c1-10-4-2-7(3-5-10,11(8)9)6-15(12,13)14;7-9(8)6(5-14(10,11)12)1-3-13-4-2-6;1-6(2,9(7)8)5-13-3-4-14(10,11)12/h2-6H2,1H3,(H,12,13,14);1-5H2,(H,10,11,12);3-5H2,1-2H3,(H,10,11,12). The molecule has 2 aliphatic rings. The maximum atomic E-state index is 10.9. The summed E-state index contributed by atoms with van der Waals surface area (Å²) in [4.78, 5) is 2.06. The Morgan fingerprint density at radius 3 is 1.49 bits per heavy atom. The highest BCUT2D eigenvalue weighted by molar-refractivity contribution is 8.00. The number of rotatable bonds is 12. The van der Waals surface area contributed by atoms with Gasteiger partial charge in [0, 0.05) is 24.7 Å². The molecule has 0 bridgehead atoms. The van der Waals surface area contributed by atoms with Crippen molar-refractivity contribution in [2.75, 3.05) is 62.1 Å². The molecule has 0 atom stereocenters. The first-order valence-corrected chi connectivity index (χ1v) is 20.3. The van der Waals surface area contributed by atoms with Gasteiger partial charge in [0.2, 0.25) is 0 Å². The van der Waals surface area contributed by atoms with E-state index in [0.29, 0.717) is 63.5 Å². The van der Waals surface area contributed by atoms with Crippen molar-refractivity contribution >= 4 is 113 Å². The van der Waals surface area contributed by atoms with Gasteiger partial charge in [0.05, 0.1) is 33.9 Å². The Kier molecular flexibility index (Phi) is 19.7. The van der Waals surface area contributed by atoms with Crippen LogP contribution in [0.15, 0.2) is 0 Å². The number of thioether (sulfide) groups is 1. The van der Waals surface area contributed by atoms with E-state index < -0.39 is 58.5 Å². The van der Waals surface area contributed by atoms with E-state index in [2.05, 4.69) is 4.90 Å². The molecule has 0 aromatic rings. The second-order valence-electron chi connectivity index (χ2n) is 10.7. The topological polar surface area (TPSA) is 185 Å². The van der Waals surface area contributed by atoms with Gasteiger partial charge in [-0.2, -0.15) is 37.0 Å². The van der Waals surface area contributed by atoms with Gasteiger partial charge in [0.1, 0.15) is 0 Å². The quantitative estimate of drug-likeness (QED) is 0.146. The highest BCUT2D eigenvalue weighted by atomic mass is 35.6. The van der Waals surface area contributed by atoms with Gasteiger partial charge >= 0.3 is 0 Å². The van der Waals surface area contributed by atoms with Crippen molar-refractivity contribution in [3.63, 3.8) is 0 Å². The maximum absolute atomic E-state index is 10.9. The lowest BCUT2D eigenvalue weighted by Gasteiger charge is -2.41. The number of nitrogens with zero attached hydrogens (tertiary/aromatic N) is 4. The zero-order chi connectivity index (χ0) is 33.9. The zero-order valence-corrected chi connectivity index (χ0v) is 31.4. The Morgan fingerprint density at radius 1 is 0.767 bits per heavy atom. The fourth-order valence-electron chi connectivity index (χ4n) is 3.72. The van der Waals surface area contributed by atoms with E-state index in [9.17, 15) is 25.3 Å². The van der Waals surface area contributed by atoms with E-state index in [1.54, 1.807) is 0 Å². The van der Waals surface area contributed by atoms with Crippen LogP contribution in [0.2, 0.25) is 0 Å². The molecule has 0 spiro atoms. The predicted octanol–water partition coefficient (Wildman–Crippen LogP) is 3.98. The molecule has 3 N–H and O–H groups in total. The molecule has 0 aromatic heterocycles. The monoisotopic (exact) mass is 820 g/mol. The molecule has 2 fully saturated rings. The molecule has 0 radical (unpaired) electrons. The molecule has 260 valence electrons. The second kappa shape index (κ2) is 19.0. The number of hydrogen-bond donors (Lipinski definition) is 3. The Hall–Kier alpha value is 1.62. The molecule has 0 saturated carbocycles. The van der Waals surface area contributed by atoms with Crippen LogP contribution in [0.4, 0.5) is 0 Å². The van der Waals surface area contributed by atoms with E-state index in [0.717, 1.165) is 11.8 Å². The zero-order valence-electron chi connectivity index (χ0n) is 23.6. The van der Waals surface area contributed by atoms with Crippen molar-refractivity contribution in [2.24, 2.45) is 0 Å². The first-order valence-electron chi connectivity index (χ1n) is 12.3. The van der Waals surface area contributed by atoms with E-state index >= 15 is 0 Å². The molecule has 24 heteroatoms. The first-order chi connectivity index (χ1) is 19.3. The van der Waals surface area contributed by atoms with E-state index in [-0.39, 0.29) is 5.75 Å². The average molecular weight is 824 g/mol. The average Bonchev–Trinajstić information content (AvgIpc) is 2.82. The van der Waals surface area contributed by atoms with E-state index in [1.807, 2.05) is 20.9 Å². The molecule has 2 aliphatic heterocycles. The summed E-state index contributed by atoms with van der Waals surface area (Å²) in [5.74, 6) is -0.255. The van der Waals surface area contributed by atoms with Crippen molar-refractivity contribution in [3.8, 4) is 0 Å². The Balaban J connectivity index is 0.000000616. The van der Waals surface area contributed by atoms with Gasteiger partial charge in [0.25, 0.3) is 30.4 Å². The summed E-state index contributed by atoms with van der Waals surface area (Å²) in [6, 6.07) is 0. The summed E-state index contributed by atoms with van der Waals surface area (Å²) in [6.45, 7) is 5.81. The molecule has 0 aliphatic carbocycles. The van der Waals surface area contributed by atoms with Crippen LogP contribution >= 0.6 is 82.4 Å². The van der Waals surface area contributed by atoms with Crippen LogP contribution in [0, 0.1) is 0 Å². The summed E-state index contributed by atoms with van der Waals surface area (Å²) in [5.41, 5.74) is -2.23. The Labute approximate surface area is 289 Å². The Morgan fingerprint density at radius 2 is 1.16 bits per heavy atom. The highest BCUT2D eigenvalue weighted by Gasteiger charge is 2.43. The van der Waals surface area contributed by atoms with Crippen LogP contribution in [-0.2, 0) is 35.1 Å². The van der Waals surface area contributed by atoms with Crippen LogP contribution < -0.4 is 0 Å². The van der Waals surface area contributed by atoms with Crippen LogP contribution in [0.3, 0.4) is 0 Å². The summed E-state index contributed by atoms with van der Waals surface area (Å²) in [6.07, 6.45) is 1.77. The molecule has 14 nitrogen and oxygen atoms in total. The molecular formula is C19H38Cl6N4O10S4. The summed E-state index contributed by atoms with van der Waals surface area (Å²) >= 11 is 35.0. The lowest BCUT2D eigenvalue weighted by Crippen LogP contribution is -2.52. The van der Waals surface area contributed by atoms with Crippen molar-refractivity contribution < 1.29 is 43.6 Å². The molecule has 0 unspecified atom stereocenters. The van der Waals surface area contributed by atoms with Gasteiger partial charge in [-0.1, -0.05) is 0 Å². The second-order valence-corrected chi connectivity index (χ2v) is 18.8. The SMILES string of the molecule is CC(C)(CSCCS(=O)(=O)O)N(Cl)Cl.CN1CCC(CS(=O)(=O)O)(N(Cl)Cl)CC1.O=S(=O)(O)CC1(N(Cl)Cl)CCOCC1. The summed E-state index contributed by atoms with van der Waals surface area (Å²) < 4.78 is 97.9. The van der Waals surface area contributed by atoms with Crippen LogP contribution in [0.25, 0.3) is 0 Å². The fraction of sp³-hybridized carbons (Fsp3) is 1.00. The normalized spacial score (nSPS) is 19.9. The molecule has 2 heterocycles. The minimum atomic E-state index is -4.09. The van der Waals surface area contributed by atoms with Crippen molar-refractivity contribution in [1.29, 1.82) is 0 Å². The first kappa shape index (κ1) is 44.6. The van der Waals surface area contributed by atoms with Gasteiger partial charge in [-0.3, -0.25) is 13.7 Å². The molecule has 0 aromatic carbocycles. The molecular weight excluding hydrogens is 785 g/mol. The van der Waals surface area contributed by atoms with Gasteiger partial charge in [0.15, 0.2) is 0 Å². The number of halogens is 6. The maximum Gasteiger partial charge on any atom is 0.266 e. The highest BCUT2D eigenvalue weighted by Crippen LogP contribution is 2.34. The van der Waals surface area contributed by atoms with Gasteiger partial charge in [-0.25, -0.2) is 0 Å². The minimum Gasteiger partial charge on any atom is -0.381 e. The van der Waals surface area contributed by atoms with Crippen LogP contribution in [-0.4, -0.2) is 134 Å². The third-order valence-corrected chi connectivity index (χ3v) is 12.9. The molecule has 2 rings (SSSR count). The number of piperidine rings is 1. The number of hydrogen-bond acceptors (Lipinski definition) is 12. The van der Waals surface area contributed by atoms with E-state index in [1.165, 1.54) is 11.8 Å². The minimum absolute atomic E-state index is 0.252. The van der Waals surface area contributed by atoms with Crippen molar-refractivity contribution in [1.82, 2.24) is 16.7 Å². The van der Waals surface area contributed by atoms with E-state index in [4.69, 9.17) is 89.1 Å². The third kappa shape index (κ3) is 19.3. The van der Waals surface area contributed by atoms with Gasteiger partial charge < -0.3 is 9.64 Å². The Bertz CT molecular complexity index is 1150. The van der Waals surface area contributed by atoms with Crippen molar-refractivity contribution in [3.05, 3.63) is 0 Å². The number of likely N-dealkylation sites (tertiary alicyclic amines) is 1. The van der Waals surface area contributed by atoms with Crippen molar-refractivity contribution in [2.45, 2.75) is 56.1 Å². The lowest BCUT2D eigenvalue weighted by molar-refractivity contribution is 0.0359. The number of ether oxygens (including phenoxy) is 1. The largest absolute Gasteiger partial charge is 0.381 e. The molecule has 0 amide bonds. The lowest BCUT2D eigenvalue weighted by atomic mass is 9.91. The summed E-state index contributed by atoms with van der Waals surface area (Å²) in [7, 11) is -10.1. The van der Waals surface area contributed by atoms with Gasteiger partial charge in [-0.15, -0.1) is 11.8 Å².